The summed E-state index contributed by atoms with van der Waals surface area (Å²) in [5.74, 6) is 1.79. The van der Waals surface area contributed by atoms with Crippen molar-refractivity contribution < 1.29 is 0 Å². The number of nitrogens with zero attached hydrogens (tertiary/aromatic N) is 5. The first-order valence-corrected chi connectivity index (χ1v) is 8.04. The fourth-order valence-electron chi connectivity index (χ4n) is 2.22. The van der Waals surface area contributed by atoms with E-state index in [0.29, 0.717) is 6.54 Å². The molecular formula is C16H26IN7. The summed E-state index contributed by atoms with van der Waals surface area (Å²) in [6.45, 7) is 9.07. The van der Waals surface area contributed by atoms with Gasteiger partial charge in [-0.1, -0.05) is 13.0 Å². The van der Waals surface area contributed by atoms with Crippen LogP contribution in [-0.4, -0.2) is 38.8 Å². The second-order valence-corrected chi connectivity index (χ2v) is 5.19. The average Bonchev–Trinajstić information content (AvgIpc) is 3.00. The van der Waals surface area contributed by atoms with Crippen molar-refractivity contribution in [3.63, 3.8) is 0 Å². The SMILES string of the molecule is CCNC(=NCc1cccc(C)n1)NCCn1cnnc1CC.I. The normalized spacial score (nSPS) is 11.0. The molecule has 8 heteroatoms. The molecule has 0 amide bonds. The lowest BCUT2D eigenvalue weighted by Crippen LogP contribution is -2.39. The van der Waals surface area contributed by atoms with Gasteiger partial charge in [-0.2, -0.15) is 0 Å². The molecule has 2 aromatic rings. The molecule has 0 aliphatic carbocycles. The van der Waals surface area contributed by atoms with Crippen molar-refractivity contribution in [2.24, 2.45) is 4.99 Å². The predicted octanol–water partition coefficient (Wildman–Crippen LogP) is 1.92. The standard InChI is InChI=1S/C16H25N7.HI/c1-4-15-22-20-12-23(15)10-9-18-16(17-5-2)19-11-14-8-6-7-13(3)21-14;/h6-8,12H,4-5,9-11H2,1-3H3,(H2,17,18,19);1H. The maximum atomic E-state index is 4.58. The first kappa shape index (κ1) is 20.3. The van der Waals surface area contributed by atoms with Crippen LogP contribution in [0.25, 0.3) is 0 Å². The lowest BCUT2D eigenvalue weighted by Gasteiger charge is -2.12. The molecule has 0 atom stereocenters. The molecule has 132 valence electrons. The Kier molecular flexibility index (Phi) is 9.28. The predicted molar refractivity (Wildman–Crippen MR) is 107 cm³/mol. The minimum absolute atomic E-state index is 0. The van der Waals surface area contributed by atoms with E-state index in [-0.39, 0.29) is 24.0 Å². The number of aromatic nitrogens is 4. The quantitative estimate of drug-likeness (QED) is 0.389. The van der Waals surface area contributed by atoms with E-state index in [1.165, 1.54) is 0 Å². The lowest BCUT2D eigenvalue weighted by molar-refractivity contribution is 0.632. The first-order chi connectivity index (χ1) is 11.2. The van der Waals surface area contributed by atoms with Crippen molar-refractivity contribution >= 4 is 29.9 Å². The van der Waals surface area contributed by atoms with Crippen LogP contribution in [-0.2, 0) is 19.5 Å². The van der Waals surface area contributed by atoms with Crippen molar-refractivity contribution in [1.82, 2.24) is 30.4 Å². The molecule has 0 saturated carbocycles. The monoisotopic (exact) mass is 443 g/mol. The Balaban J connectivity index is 0.00000288. The zero-order chi connectivity index (χ0) is 16.5. The second kappa shape index (κ2) is 11.0. The highest BCUT2D eigenvalue weighted by Crippen LogP contribution is 1.99. The van der Waals surface area contributed by atoms with Gasteiger partial charge in [0.1, 0.15) is 12.2 Å². The number of rotatable bonds is 7. The van der Waals surface area contributed by atoms with Crippen molar-refractivity contribution in [2.45, 2.75) is 40.3 Å². The number of hydrogen-bond acceptors (Lipinski definition) is 4. The number of hydrogen-bond donors (Lipinski definition) is 2. The van der Waals surface area contributed by atoms with Crippen LogP contribution in [0.1, 0.15) is 31.1 Å². The van der Waals surface area contributed by atoms with Gasteiger partial charge in [0.25, 0.3) is 0 Å². The zero-order valence-corrected chi connectivity index (χ0v) is 16.8. The minimum Gasteiger partial charge on any atom is -0.357 e. The van der Waals surface area contributed by atoms with E-state index in [1.807, 2.05) is 25.1 Å². The third-order valence-electron chi connectivity index (χ3n) is 3.35. The van der Waals surface area contributed by atoms with Crippen LogP contribution >= 0.6 is 24.0 Å². The highest BCUT2D eigenvalue weighted by Gasteiger charge is 2.02. The fourth-order valence-corrected chi connectivity index (χ4v) is 2.22. The van der Waals surface area contributed by atoms with Gasteiger partial charge < -0.3 is 15.2 Å². The number of pyridine rings is 1. The van der Waals surface area contributed by atoms with Crippen LogP contribution in [0.15, 0.2) is 29.5 Å². The minimum atomic E-state index is 0. The summed E-state index contributed by atoms with van der Waals surface area (Å²) in [5.41, 5.74) is 1.98. The zero-order valence-electron chi connectivity index (χ0n) is 14.5. The van der Waals surface area contributed by atoms with Crippen molar-refractivity contribution in [3.8, 4) is 0 Å². The maximum Gasteiger partial charge on any atom is 0.191 e. The van der Waals surface area contributed by atoms with Crippen molar-refractivity contribution in [1.29, 1.82) is 0 Å². The van der Waals surface area contributed by atoms with Gasteiger partial charge in [0.15, 0.2) is 5.96 Å². The van der Waals surface area contributed by atoms with E-state index in [1.54, 1.807) is 6.33 Å². The highest BCUT2D eigenvalue weighted by atomic mass is 127. The molecule has 0 radical (unpaired) electrons. The van der Waals surface area contributed by atoms with Gasteiger partial charge in [0.2, 0.25) is 0 Å². The number of aliphatic imine (C=N–C) groups is 1. The van der Waals surface area contributed by atoms with Crippen LogP contribution in [0, 0.1) is 6.92 Å². The van der Waals surface area contributed by atoms with E-state index >= 15 is 0 Å². The van der Waals surface area contributed by atoms with Gasteiger partial charge >= 0.3 is 0 Å². The fraction of sp³-hybridized carbons (Fsp3) is 0.500. The summed E-state index contributed by atoms with van der Waals surface area (Å²) in [4.78, 5) is 9.04. The van der Waals surface area contributed by atoms with Crippen LogP contribution < -0.4 is 10.6 Å². The van der Waals surface area contributed by atoms with Gasteiger partial charge in [-0.05, 0) is 26.0 Å². The summed E-state index contributed by atoms with van der Waals surface area (Å²) in [7, 11) is 0. The molecule has 2 N–H and O–H groups in total. The van der Waals surface area contributed by atoms with Gasteiger partial charge in [0, 0.05) is 31.7 Å². The van der Waals surface area contributed by atoms with Crippen LogP contribution in [0.2, 0.25) is 0 Å². The van der Waals surface area contributed by atoms with Gasteiger partial charge in [-0.25, -0.2) is 4.99 Å². The summed E-state index contributed by atoms with van der Waals surface area (Å²) < 4.78 is 2.05. The number of guanidine groups is 1. The van der Waals surface area contributed by atoms with E-state index in [9.17, 15) is 0 Å². The maximum absolute atomic E-state index is 4.58. The Morgan fingerprint density at radius 2 is 2.08 bits per heavy atom. The van der Waals surface area contributed by atoms with E-state index in [2.05, 4.69) is 49.2 Å². The molecule has 0 aromatic carbocycles. The molecule has 2 heterocycles. The largest absolute Gasteiger partial charge is 0.357 e. The topological polar surface area (TPSA) is 80.0 Å². The van der Waals surface area contributed by atoms with E-state index < -0.39 is 0 Å². The third kappa shape index (κ3) is 6.42. The van der Waals surface area contributed by atoms with Gasteiger partial charge in [-0.15, -0.1) is 34.2 Å². The molecule has 0 unspecified atom stereocenters. The molecular weight excluding hydrogens is 417 g/mol. The van der Waals surface area contributed by atoms with Crippen LogP contribution in [0.5, 0.6) is 0 Å². The van der Waals surface area contributed by atoms with Gasteiger partial charge in [0.05, 0.1) is 12.2 Å². The van der Waals surface area contributed by atoms with Crippen molar-refractivity contribution in [3.05, 3.63) is 41.7 Å². The smallest absolute Gasteiger partial charge is 0.191 e. The van der Waals surface area contributed by atoms with Crippen molar-refractivity contribution in [2.75, 3.05) is 13.1 Å². The molecule has 0 bridgehead atoms. The Bertz CT molecular complexity index is 639. The van der Waals surface area contributed by atoms with E-state index in [4.69, 9.17) is 0 Å². The summed E-state index contributed by atoms with van der Waals surface area (Å²) >= 11 is 0. The van der Waals surface area contributed by atoms with E-state index in [0.717, 1.165) is 49.2 Å². The molecule has 2 rings (SSSR count). The highest BCUT2D eigenvalue weighted by molar-refractivity contribution is 14.0. The number of halogens is 1. The molecule has 0 spiro atoms. The Morgan fingerprint density at radius 1 is 1.25 bits per heavy atom. The molecule has 24 heavy (non-hydrogen) atoms. The first-order valence-electron chi connectivity index (χ1n) is 8.04. The Hall–Kier alpha value is -1.71. The molecule has 0 aliphatic heterocycles. The number of nitrogens with one attached hydrogen (secondary N) is 2. The summed E-state index contributed by atoms with van der Waals surface area (Å²) in [5, 5.41) is 14.6. The van der Waals surface area contributed by atoms with Crippen LogP contribution in [0.4, 0.5) is 0 Å². The van der Waals surface area contributed by atoms with Crippen LogP contribution in [0.3, 0.4) is 0 Å². The Labute approximate surface area is 160 Å². The molecule has 0 aliphatic rings. The third-order valence-corrected chi connectivity index (χ3v) is 3.35. The molecule has 7 nitrogen and oxygen atoms in total. The lowest BCUT2D eigenvalue weighted by atomic mass is 10.3. The molecule has 2 aromatic heterocycles. The van der Waals surface area contributed by atoms with Gasteiger partial charge in [-0.3, -0.25) is 4.98 Å². The number of aryl methyl sites for hydroxylation is 2. The second-order valence-electron chi connectivity index (χ2n) is 5.19. The molecule has 0 saturated heterocycles. The molecule has 0 fully saturated rings. The summed E-state index contributed by atoms with van der Waals surface area (Å²) in [6, 6.07) is 5.98. The average molecular weight is 443 g/mol. The summed E-state index contributed by atoms with van der Waals surface area (Å²) in [6.07, 6.45) is 2.65. The Morgan fingerprint density at radius 3 is 2.79 bits per heavy atom.